The van der Waals surface area contributed by atoms with Gasteiger partial charge in [-0.1, -0.05) is 35.9 Å². The van der Waals surface area contributed by atoms with E-state index in [1.807, 2.05) is 37.4 Å². The highest BCUT2D eigenvalue weighted by molar-refractivity contribution is 6.35. The predicted molar refractivity (Wildman–Crippen MR) is 82.2 cm³/mol. The molecule has 0 aliphatic carbocycles. The Hall–Kier alpha value is -1.25. The molecule has 19 heavy (non-hydrogen) atoms. The lowest BCUT2D eigenvalue weighted by Crippen LogP contribution is -2.07. The van der Waals surface area contributed by atoms with E-state index in [0.717, 1.165) is 41.1 Å². The molecule has 0 saturated carbocycles. The first kappa shape index (κ1) is 14.2. The molecule has 0 heterocycles. The first-order valence-electron chi connectivity index (χ1n) is 6.77. The van der Waals surface area contributed by atoms with Gasteiger partial charge in [0.2, 0.25) is 0 Å². The van der Waals surface area contributed by atoms with Crippen molar-refractivity contribution in [1.82, 2.24) is 5.32 Å². The third kappa shape index (κ3) is 3.85. The van der Waals surface area contributed by atoms with Crippen LogP contribution in [0.5, 0.6) is 5.75 Å². The molecule has 2 nitrogen and oxygen atoms in total. The van der Waals surface area contributed by atoms with Gasteiger partial charge >= 0.3 is 0 Å². The summed E-state index contributed by atoms with van der Waals surface area (Å²) in [5, 5.41) is 6.07. The number of benzene rings is 2. The van der Waals surface area contributed by atoms with E-state index < -0.39 is 0 Å². The summed E-state index contributed by atoms with van der Waals surface area (Å²) in [5.41, 5.74) is 0. The Morgan fingerprint density at radius 1 is 1.00 bits per heavy atom. The fourth-order valence-electron chi connectivity index (χ4n) is 2.12. The first-order chi connectivity index (χ1) is 9.33. The molecule has 0 unspecified atom stereocenters. The van der Waals surface area contributed by atoms with Crippen LogP contribution in [0.25, 0.3) is 10.8 Å². The van der Waals surface area contributed by atoms with Gasteiger partial charge in [-0.15, -0.1) is 0 Å². The smallest absolute Gasteiger partial charge is 0.127 e. The predicted octanol–water partition coefficient (Wildman–Crippen LogP) is 4.26. The molecule has 2 aromatic rings. The van der Waals surface area contributed by atoms with Crippen molar-refractivity contribution in [2.24, 2.45) is 0 Å². The molecule has 0 aromatic heterocycles. The quantitative estimate of drug-likeness (QED) is 0.764. The molecule has 0 bridgehead atoms. The van der Waals surface area contributed by atoms with E-state index in [-0.39, 0.29) is 0 Å². The number of unbranched alkanes of at least 4 members (excludes halogenated alkanes) is 2. The third-order valence-electron chi connectivity index (χ3n) is 3.16. The topological polar surface area (TPSA) is 21.3 Å². The Morgan fingerprint density at radius 3 is 2.58 bits per heavy atom. The fraction of sp³-hybridized carbons (Fsp3) is 0.375. The minimum Gasteiger partial charge on any atom is -0.493 e. The zero-order valence-corrected chi connectivity index (χ0v) is 12.0. The van der Waals surface area contributed by atoms with E-state index >= 15 is 0 Å². The molecule has 2 aromatic carbocycles. The minimum absolute atomic E-state index is 0.759. The van der Waals surface area contributed by atoms with Crippen molar-refractivity contribution in [2.45, 2.75) is 19.3 Å². The third-order valence-corrected chi connectivity index (χ3v) is 3.49. The molecule has 0 aliphatic heterocycles. The molecule has 0 amide bonds. The zero-order chi connectivity index (χ0) is 13.5. The maximum Gasteiger partial charge on any atom is 0.127 e. The van der Waals surface area contributed by atoms with Gasteiger partial charge in [-0.05, 0) is 45.0 Å². The van der Waals surface area contributed by atoms with Crippen molar-refractivity contribution >= 4 is 22.4 Å². The summed E-state index contributed by atoms with van der Waals surface area (Å²) in [7, 11) is 1.98. The van der Waals surface area contributed by atoms with Crippen molar-refractivity contribution < 1.29 is 4.74 Å². The average molecular weight is 278 g/mol. The highest BCUT2D eigenvalue weighted by Gasteiger charge is 2.04. The van der Waals surface area contributed by atoms with Crippen LogP contribution in [0.1, 0.15) is 19.3 Å². The Bertz CT molecular complexity index is 527. The molecular weight excluding hydrogens is 258 g/mol. The number of fused-ring (bicyclic) bond motifs is 1. The first-order valence-corrected chi connectivity index (χ1v) is 7.15. The summed E-state index contributed by atoms with van der Waals surface area (Å²) in [4.78, 5) is 0. The second kappa shape index (κ2) is 7.37. The molecule has 102 valence electrons. The fourth-order valence-corrected chi connectivity index (χ4v) is 2.35. The van der Waals surface area contributed by atoms with Crippen LogP contribution in [0.2, 0.25) is 5.02 Å². The van der Waals surface area contributed by atoms with Crippen LogP contribution >= 0.6 is 11.6 Å². The Labute approximate surface area is 119 Å². The van der Waals surface area contributed by atoms with Gasteiger partial charge in [-0.3, -0.25) is 0 Å². The van der Waals surface area contributed by atoms with E-state index in [2.05, 4.69) is 11.4 Å². The van der Waals surface area contributed by atoms with Gasteiger partial charge in [0.25, 0.3) is 0 Å². The highest BCUT2D eigenvalue weighted by Crippen LogP contribution is 2.31. The van der Waals surface area contributed by atoms with Gasteiger partial charge in [0.05, 0.1) is 6.61 Å². The summed E-state index contributed by atoms with van der Waals surface area (Å²) in [6, 6.07) is 11.9. The molecule has 2 rings (SSSR count). The summed E-state index contributed by atoms with van der Waals surface area (Å²) in [6.45, 7) is 1.83. The van der Waals surface area contributed by atoms with Gasteiger partial charge in [-0.2, -0.15) is 0 Å². The van der Waals surface area contributed by atoms with Gasteiger partial charge in [0.15, 0.2) is 0 Å². The minimum atomic E-state index is 0.759. The van der Waals surface area contributed by atoms with Crippen molar-refractivity contribution in [1.29, 1.82) is 0 Å². The molecule has 0 saturated heterocycles. The normalized spacial score (nSPS) is 10.8. The lowest BCUT2D eigenvalue weighted by Gasteiger charge is -2.10. The van der Waals surface area contributed by atoms with Crippen LogP contribution in [-0.4, -0.2) is 20.2 Å². The Kier molecular flexibility index (Phi) is 5.49. The molecule has 1 N–H and O–H groups in total. The van der Waals surface area contributed by atoms with E-state index in [1.54, 1.807) is 0 Å². The molecular formula is C16H20ClNO. The number of rotatable bonds is 7. The second-order valence-electron chi connectivity index (χ2n) is 4.60. The number of halogens is 1. The molecule has 0 aliphatic rings. The summed E-state index contributed by atoms with van der Waals surface area (Å²) in [6.07, 6.45) is 3.46. The standard InChI is InChI=1S/C16H20ClNO/c1-18-11-5-2-6-12-19-16-10-9-15(17)13-7-3-4-8-14(13)16/h3-4,7-10,18H,2,5-6,11-12H2,1H3. The average Bonchev–Trinajstić information content (AvgIpc) is 2.45. The molecule has 0 spiro atoms. The van der Waals surface area contributed by atoms with Crippen LogP contribution < -0.4 is 10.1 Å². The van der Waals surface area contributed by atoms with Crippen molar-refractivity contribution in [3.8, 4) is 5.75 Å². The number of nitrogens with one attached hydrogen (secondary N) is 1. The monoisotopic (exact) mass is 277 g/mol. The molecule has 0 atom stereocenters. The molecule has 3 heteroatoms. The van der Waals surface area contributed by atoms with E-state index in [4.69, 9.17) is 16.3 Å². The van der Waals surface area contributed by atoms with Gasteiger partial charge in [0, 0.05) is 15.8 Å². The Morgan fingerprint density at radius 2 is 1.79 bits per heavy atom. The van der Waals surface area contributed by atoms with Crippen molar-refractivity contribution in [3.63, 3.8) is 0 Å². The van der Waals surface area contributed by atoms with Crippen LogP contribution in [-0.2, 0) is 0 Å². The maximum absolute atomic E-state index is 6.19. The SMILES string of the molecule is CNCCCCCOc1ccc(Cl)c2ccccc12. The van der Waals surface area contributed by atoms with Crippen molar-refractivity contribution in [3.05, 3.63) is 41.4 Å². The van der Waals surface area contributed by atoms with Gasteiger partial charge in [0.1, 0.15) is 5.75 Å². The molecule has 0 radical (unpaired) electrons. The van der Waals surface area contributed by atoms with Gasteiger partial charge in [-0.25, -0.2) is 0 Å². The lowest BCUT2D eigenvalue weighted by atomic mass is 10.1. The highest BCUT2D eigenvalue weighted by atomic mass is 35.5. The second-order valence-corrected chi connectivity index (χ2v) is 5.01. The summed E-state index contributed by atoms with van der Waals surface area (Å²) in [5.74, 6) is 0.925. The summed E-state index contributed by atoms with van der Waals surface area (Å²) >= 11 is 6.19. The van der Waals surface area contributed by atoms with Crippen LogP contribution in [0.3, 0.4) is 0 Å². The van der Waals surface area contributed by atoms with Crippen molar-refractivity contribution in [2.75, 3.05) is 20.2 Å². The zero-order valence-electron chi connectivity index (χ0n) is 11.3. The number of ether oxygens (including phenoxy) is 1. The maximum atomic E-state index is 6.19. The van der Waals surface area contributed by atoms with Gasteiger partial charge < -0.3 is 10.1 Å². The number of hydrogen-bond donors (Lipinski definition) is 1. The van der Waals surface area contributed by atoms with E-state index in [9.17, 15) is 0 Å². The largest absolute Gasteiger partial charge is 0.493 e. The molecule has 0 fully saturated rings. The Balaban J connectivity index is 1.96. The van der Waals surface area contributed by atoms with Crippen LogP contribution in [0.4, 0.5) is 0 Å². The van der Waals surface area contributed by atoms with Crippen LogP contribution in [0, 0.1) is 0 Å². The number of hydrogen-bond acceptors (Lipinski definition) is 2. The lowest BCUT2D eigenvalue weighted by molar-refractivity contribution is 0.308. The van der Waals surface area contributed by atoms with E-state index in [0.29, 0.717) is 0 Å². The van der Waals surface area contributed by atoms with Crippen LogP contribution in [0.15, 0.2) is 36.4 Å². The summed E-state index contributed by atoms with van der Waals surface area (Å²) < 4.78 is 5.88. The van der Waals surface area contributed by atoms with E-state index in [1.165, 1.54) is 12.8 Å².